The average Bonchev–Trinajstić information content (AvgIpc) is 3.55. The summed E-state index contributed by atoms with van der Waals surface area (Å²) in [6.07, 6.45) is 9.66. The number of ketones is 2. The molecule has 1 saturated heterocycles. The van der Waals surface area contributed by atoms with Crippen molar-refractivity contribution in [2.24, 2.45) is 0 Å². The number of rotatable bonds is 21. The van der Waals surface area contributed by atoms with E-state index in [-0.39, 0.29) is 30.5 Å². The van der Waals surface area contributed by atoms with Gasteiger partial charge in [0.25, 0.3) is 0 Å². The maximum absolute atomic E-state index is 14.1. The number of ether oxygens (including phenoxy) is 4. The largest absolute Gasteiger partial charge is 0.508 e. The second-order valence-electron chi connectivity index (χ2n) is 12.9. The molecule has 282 valence electrons. The maximum Gasteiger partial charge on any atom is 0.412 e. The van der Waals surface area contributed by atoms with Crippen LogP contribution in [0.5, 0.6) is 17.2 Å². The number of hydrogen-bond acceptors (Lipinski definition) is 10. The Kier molecular flexibility index (Phi) is 15.9. The SMILES string of the molecule is CC/C=C\CC(=O)CCCOCCOCCNC(=O)Oc1ccc2c(C(=O)c3ccc(OCCN4CCCCC4)cc3)c(-c3ccc(O)cc3)sc2c1. The Morgan fingerprint density at radius 3 is 2.34 bits per heavy atom. The van der Waals surface area contributed by atoms with E-state index in [0.29, 0.717) is 62.6 Å². The Balaban J connectivity index is 1.12. The Morgan fingerprint density at radius 2 is 1.58 bits per heavy atom. The van der Waals surface area contributed by atoms with Crippen LogP contribution < -0.4 is 14.8 Å². The van der Waals surface area contributed by atoms with Gasteiger partial charge in [-0.2, -0.15) is 0 Å². The van der Waals surface area contributed by atoms with Gasteiger partial charge in [-0.1, -0.05) is 25.5 Å². The zero-order chi connectivity index (χ0) is 37.3. The lowest BCUT2D eigenvalue weighted by atomic mass is 9.97. The van der Waals surface area contributed by atoms with Gasteiger partial charge >= 0.3 is 6.09 Å². The summed E-state index contributed by atoms with van der Waals surface area (Å²) >= 11 is 1.42. The third kappa shape index (κ3) is 12.5. The Morgan fingerprint density at radius 1 is 0.849 bits per heavy atom. The molecule has 1 amide bonds. The molecule has 0 bridgehead atoms. The minimum atomic E-state index is -0.618. The van der Waals surface area contributed by atoms with E-state index in [0.717, 1.165) is 52.3 Å². The van der Waals surface area contributed by atoms with Gasteiger partial charge in [0.15, 0.2) is 5.78 Å². The second-order valence-corrected chi connectivity index (χ2v) is 13.9. The topological polar surface area (TPSA) is 124 Å². The van der Waals surface area contributed by atoms with E-state index in [9.17, 15) is 19.5 Å². The number of nitrogens with one attached hydrogen (secondary N) is 1. The fourth-order valence-corrected chi connectivity index (χ4v) is 7.28. The Bertz CT molecular complexity index is 1800. The normalized spacial score (nSPS) is 13.4. The molecule has 1 fully saturated rings. The van der Waals surface area contributed by atoms with Crippen LogP contribution in [0.3, 0.4) is 0 Å². The summed E-state index contributed by atoms with van der Waals surface area (Å²) in [5, 5.41) is 13.3. The number of benzene rings is 3. The van der Waals surface area contributed by atoms with Gasteiger partial charge in [0.2, 0.25) is 0 Å². The van der Waals surface area contributed by atoms with Gasteiger partial charge in [0.05, 0.1) is 19.8 Å². The van der Waals surface area contributed by atoms with E-state index in [1.807, 2.05) is 31.2 Å². The number of thiophene rings is 1. The lowest BCUT2D eigenvalue weighted by Gasteiger charge is -2.26. The molecule has 1 aliphatic rings. The number of Topliss-reactive ketones (excluding diaryl/α,β-unsaturated/α-hetero) is 1. The molecule has 1 aliphatic heterocycles. The molecule has 11 heteroatoms. The van der Waals surface area contributed by atoms with Gasteiger partial charge in [-0.15, -0.1) is 11.3 Å². The highest BCUT2D eigenvalue weighted by Crippen LogP contribution is 2.41. The summed E-state index contributed by atoms with van der Waals surface area (Å²) in [7, 11) is 0. The first-order valence-corrected chi connectivity index (χ1v) is 19.4. The quantitative estimate of drug-likeness (QED) is 0.0494. The van der Waals surface area contributed by atoms with Crippen molar-refractivity contribution in [3.8, 4) is 27.7 Å². The summed E-state index contributed by atoms with van der Waals surface area (Å²) in [6, 6.07) is 19.2. The van der Waals surface area contributed by atoms with E-state index < -0.39 is 6.09 Å². The van der Waals surface area contributed by atoms with Gasteiger partial charge in [-0.3, -0.25) is 14.5 Å². The first-order chi connectivity index (χ1) is 25.9. The number of phenols is 1. The maximum atomic E-state index is 14.1. The predicted octanol–water partition coefficient (Wildman–Crippen LogP) is 8.20. The monoisotopic (exact) mass is 742 g/mol. The lowest BCUT2D eigenvalue weighted by Crippen LogP contribution is -2.33. The predicted molar refractivity (Wildman–Crippen MR) is 209 cm³/mol. The first kappa shape index (κ1) is 39.7. The van der Waals surface area contributed by atoms with Crippen molar-refractivity contribution in [1.29, 1.82) is 0 Å². The van der Waals surface area contributed by atoms with Crippen LogP contribution in [0.1, 0.15) is 67.8 Å². The molecule has 2 N–H and O–H groups in total. The van der Waals surface area contributed by atoms with E-state index in [1.54, 1.807) is 54.6 Å². The number of likely N-dealkylation sites (tertiary alicyclic amines) is 1. The highest BCUT2D eigenvalue weighted by molar-refractivity contribution is 7.22. The number of carbonyl (C=O) groups is 3. The standard InChI is InChI=1S/C42H50N2O8S/c1-2-3-5-9-33(45)10-8-25-49-28-29-50-26-21-43-42(48)52-36-19-20-37-38(30-36)53-41(32-11-15-34(46)16-12-32)39(37)40(47)31-13-17-35(18-14-31)51-27-24-44-22-6-4-7-23-44/h3,5,11-20,30,46H,2,4,6-10,21-29H2,1H3,(H,43,48)/b5-3-. The molecule has 5 rings (SSSR count). The van der Waals surface area contributed by atoms with Gasteiger partial charge in [-0.25, -0.2) is 4.79 Å². The van der Waals surface area contributed by atoms with Crippen LogP contribution in [0.15, 0.2) is 78.9 Å². The van der Waals surface area contributed by atoms with Crippen LogP contribution >= 0.6 is 11.3 Å². The fraction of sp³-hybridized carbons (Fsp3) is 0.405. The Labute approximate surface area is 315 Å². The van der Waals surface area contributed by atoms with E-state index >= 15 is 0 Å². The zero-order valence-electron chi connectivity index (χ0n) is 30.5. The number of amides is 1. The lowest BCUT2D eigenvalue weighted by molar-refractivity contribution is -0.118. The number of allylic oxidation sites excluding steroid dienone is 2. The van der Waals surface area contributed by atoms with Crippen LogP contribution in [0, 0.1) is 0 Å². The van der Waals surface area contributed by atoms with Crippen LogP contribution in [-0.2, 0) is 14.3 Å². The fourth-order valence-electron chi connectivity index (χ4n) is 6.05. The molecule has 1 aromatic heterocycles. The van der Waals surface area contributed by atoms with Crippen molar-refractivity contribution in [2.75, 3.05) is 59.2 Å². The van der Waals surface area contributed by atoms with Crippen molar-refractivity contribution in [1.82, 2.24) is 10.2 Å². The minimum absolute atomic E-state index is 0.134. The van der Waals surface area contributed by atoms with Gasteiger partial charge in [0.1, 0.15) is 29.6 Å². The van der Waals surface area contributed by atoms with E-state index in [1.165, 1.54) is 30.6 Å². The number of nitrogens with zero attached hydrogens (tertiary/aromatic N) is 1. The molecule has 0 aliphatic carbocycles. The van der Waals surface area contributed by atoms with Gasteiger partial charge < -0.3 is 29.4 Å². The minimum Gasteiger partial charge on any atom is -0.508 e. The van der Waals surface area contributed by atoms with E-state index in [2.05, 4.69) is 10.2 Å². The van der Waals surface area contributed by atoms with Crippen LogP contribution in [0.2, 0.25) is 0 Å². The van der Waals surface area contributed by atoms with Crippen LogP contribution in [0.25, 0.3) is 20.5 Å². The summed E-state index contributed by atoms with van der Waals surface area (Å²) in [6.45, 7) is 7.59. The number of carbonyl (C=O) groups excluding carboxylic acids is 3. The van der Waals surface area contributed by atoms with Crippen molar-refractivity contribution in [3.63, 3.8) is 0 Å². The number of fused-ring (bicyclic) bond motifs is 1. The molecule has 0 unspecified atom stereocenters. The summed E-state index contributed by atoms with van der Waals surface area (Å²) in [5.41, 5.74) is 1.87. The number of hydrogen-bond donors (Lipinski definition) is 2. The number of piperidine rings is 1. The molecule has 4 aromatic rings. The van der Waals surface area contributed by atoms with Crippen molar-refractivity contribution in [2.45, 2.75) is 51.9 Å². The molecule has 10 nitrogen and oxygen atoms in total. The van der Waals surface area contributed by atoms with Crippen LogP contribution in [-0.4, -0.2) is 86.9 Å². The number of phenolic OH excluding ortho intramolecular Hbond substituents is 1. The second kappa shape index (κ2) is 21.2. The van der Waals surface area contributed by atoms with Crippen molar-refractivity contribution < 1.29 is 38.4 Å². The van der Waals surface area contributed by atoms with Crippen molar-refractivity contribution in [3.05, 3.63) is 90.0 Å². The third-order valence-electron chi connectivity index (χ3n) is 8.85. The smallest absolute Gasteiger partial charge is 0.412 e. The molecular formula is C42H50N2O8S. The molecule has 0 atom stereocenters. The Hall–Kier alpha value is -4.55. The average molecular weight is 743 g/mol. The first-order valence-electron chi connectivity index (χ1n) is 18.5. The summed E-state index contributed by atoms with van der Waals surface area (Å²) in [5.74, 6) is 1.27. The zero-order valence-corrected chi connectivity index (χ0v) is 31.3. The van der Waals surface area contributed by atoms with Crippen LogP contribution in [0.4, 0.5) is 4.79 Å². The molecule has 0 radical (unpaired) electrons. The molecule has 2 heterocycles. The third-order valence-corrected chi connectivity index (χ3v) is 10.1. The number of aromatic hydroxyl groups is 1. The molecule has 3 aromatic carbocycles. The van der Waals surface area contributed by atoms with E-state index in [4.69, 9.17) is 18.9 Å². The highest BCUT2D eigenvalue weighted by atomic mass is 32.1. The molecule has 0 saturated carbocycles. The molecular weight excluding hydrogens is 693 g/mol. The highest BCUT2D eigenvalue weighted by Gasteiger charge is 2.23. The van der Waals surface area contributed by atoms with Gasteiger partial charge in [0, 0.05) is 58.6 Å². The summed E-state index contributed by atoms with van der Waals surface area (Å²) < 4.78 is 23.4. The van der Waals surface area contributed by atoms with Gasteiger partial charge in [-0.05, 0) is 111 Å². The molecule has 0 spiro atoms. The van der Waals surface area contributed by atoms with Crippen molar-refractivity contribution >= 4 is 39.1 Å². The summed E-state index contributed by atoms with van der Waals surface area (Å²) in [4.78, 5) is 41.6. The molecule has 53 heavy (non-hydrogen) atoms.